The van der Waals surface area contributed by atoms with Crippen molar-refractivity contribution in [3.8, 4) is 0 Å². The second-order valence-corrected chi connectivity index (χ2v) is 5.88. The molecule has 0 aliphatic heterocycles. The van der Waals surface area contributed by atoms with Crippen LogP contribution in [0.25, 0.3) is 0 Å². The van der Waals surface area contributed by atoms with Gasteiger partial charge in [-0.3, -0.25) is 19.2 Å². The fraction of sp³-hybridized carbons (Fsp3) is 0.778. The minimum absolute atomic E-state index is 0.0369. The lowest BCUT2D eigenvalue weighted by Gasteiger charge is -2.32. The average Bonchev–Trinajstić information content (AvgIpc) is 2.61. The van der Waals surface area contributed by atoms with E-state index in [4.69, 9.17) is 9.47 Å². The Morgan fingerprint density at radius 3 is 2.04 bits per heavy atom. The Labute approximate surface area is 149 Å². The van der Waals surface area contributed by atoms with Crippen molar-refractivity contribution in [2.75, 3.05) is 20.8 Å². The lowest BCUT2D eigenvalue weighted by Crippen LogP contribution is -2.44. The molecule has 0 heterocycles. The molecular weight excluding hydrogens is 328 g/mol. The zero-order valence-corrected chi connectivity index (χ0v) is 15.9. The number of ether oxygens (including phenoxy) is 3. The standard InChI is InChI=1S/C18H30O7/c1-6-9-14(19)18(17(22)25-8-3,11-10-15(20)23-4)12-13(7-2)16(21)24-5/h13H,6-12H2,1-5H3. The Hall–Kier alpha value is -1.92. The lowest BCUT2D eigenvalue weighted by atomic mass is 9.70. The van der Waals surface area contributed by atoms with Gasteiger partial charge in [0.1, 0.15) is 11.2 Å². The van der Waals surface area contributed by atoms with E-state index in [2.05, 4.69) is 4.74 Å². The monoisotopic (exact) mass is 358 g/mol. The maximum absolute atomic E-state index is 12.8. The fourth-order valence-corrected chi connectivity index (χ4v) is 2.79. The van der Waals surface area contributed by atoms with E-state index in [0.717, 1.165) is 0 Å². The summed E-state index contributed by atoms with van der Waals surface area (Å²) in [6.07, 6.45) is 0.925. The van der Waals surface area contributed by atoms with E-state index in [9.17, 15) is 19.2 Å². The van der Waals surface area contributed by atoms with Gasteiger partial charge in [-0.15, -0.1) is 0 Å². The van der Waals surface area contributed by atoms with Crippen LogP contribution in [0.4, 0.5) is 0 Å². The third kappa shape index (κ3) is 6.48. The van der Waals surface area contributed by atoms with Crippen LogP contribution in [0, 0.1) is 11.3 Å². The van der Waals surface area contributed by atoms with E-state index in [1.165, 1.54) is 14.2 Å². The Morgan fingerprint density at radius 1 is 0.960 bits per heavy atom. The third-order valence-electron chi connectivity index (χ3n) is 4.28. The van der Waals surface area contributed by atoms with Crippen molar-refractivity contribution in [2.24, 2.45) is 11.3 Å². The van der Waals surface area contributed by atoms with E-state index in [0.29, 0.717) is 12.8 Å². The molecule has 0 aromatic carbocycles. The van der Waals surface area contributed by atoms with Gasteiger partial charge in [0.05, 0.1) is 26.7 Å². The van der Waals surface area contributed by atoms with E-state index in [1.807, 2.05) is 6.92 Å². The summed E-state index contributed by atoms with van der Waals surface area (Å²) in [5.41, 5.74) is -1.55. The van der Waals surface area contributed by atoms with Crippen LogP contribution in [0.1, 0.15) is 59.3 Å². The molecule has 0 bridgehead atoms. The average molecular weight is 358 g/mol. The summed E-state index contributed by atoms with van der Waals surface area (Å²) in [6, 6.07) is 0. The summed E-state index contributed by atoms with van der Waals surface area (Å²) < 4.78 is 14.5. The molecule has 0 aliphatic rings. The van der Waals surface area contributed by atoms with Crippen LogP contribution < -0.4 is 0 Å². The topological polar surface area (TPSA) is 96.0 Å². The highest BCUT2D eigenvalue weighted by Crippen LogP contribution is 2.38. The van der Waals surface area contributed by atoms with Gasteiger partial charge >= 0.3 is 17.9 Å². The molecule has 2 unspecified atom stereocenters. The number of methoxy groups -OCH3 is 2. The van der Waals surface area contributed by atoms with Gasteiger partial charge < -0.3 is 14.2 Å². The maximum Gasteiger partial charge on any atom is 0.319 e. The number of rotatable bonds is 12. The number of esters is 3. The number of carbonyl (C=O) groups excluding carboxylic acids is 4. The molecule has 7 nitrogen and oxygen atoms in total. The number of carbonyl (C=O) groups is 4. The Morgan fingerprint density at radius 2 is 1.60 bits per heavy atom. The normalized spacial score (nSPS) is 14.1. The van der Waals surface area contributed by atoms with Crippen molar-refractivity contribution in [1.82, 2.24) is 0 Å². The first-order valence-corrected chi connectivity index (χ1v) is 8.67. The quantitative estimate of drug-likeness (QED) is 0.300. The first kappa shape index (κ1) is 23.1. The molecule has 0 radical (unpaired) electrons. The molecule has 0 aromatic heterocycles. The maximum atomic E-state index is 12.8. The summed E-state index contributed by atoms with van der Waals surface area (Å²) in [7, 11) is 2.50. The first-order valence-electron chi connectivity index (χ1n) is 8.67. The molecule has 0 aliphatic carbocycles. The van der Waals surface area contributed by atoms with Crippen LogP contribution in [0.15, 0.2) is 0 Å². The van der Waals surface area contributed by atoms with E-state index in [1.54, 1.807) is 13.8 Å². The third-order valence-corrected chi connectivity index (χ3v) is 4.28. The predicted octanol–water partition coefficient (Wildman–Crippen LogP) is 2.45. The molecule has 0 spiro atoms. The zero-order chi connectivity index (χ0) is 19.5. The van der Waals surface area contributed by atoms with Gasteiger partial charge in [-0.1, -0.05) is 13.8 Å². The van der Waals surface area contributed by atoms with Crippen molar-refractivity contribution >= 4 is 23.7 Å². The van der Waals surface area contributed by atoms with Crippen molar-refractivity contribution < 1.29 is 33.4 Å². The van der Waals surface area contributed by atoms with Crippen LogP contribution >= 0.6 is 0 Å². The van der Waals surface area contributed by atoms with E-state index >= 15 is 0 Å². The molecule has 144 valence electrons. The zero-order valence-electron chi connectivity index (χ0n) is 15.9. The van der Waals surface area contributed by atoms with Crippen LogP contribution in [-0.2, 0) is 33.4 Å². The lowest BCUT2D eigenvalue weighted by molar-refractivity contribution is -0.164. The molecule has 0 rings (SSSR count). The van der Waals surface area contributed by atoms with Gasteiger partial charge in [0.2, 0.25) is 0 Å². The minimum atomic E-state index is -1.55. The summed E-state index contributed by atoms with van der Waals surface area (Å²) in [4.78, 5) is 49.1. The molecule has 7 heteroatoms. The summed E-state index contributed by atoms with van der Waals surface area (Å²) in [6.45, 7) is 5.35. The molecule has 25 heavy (non-hydrogen) atoms. The fourth-order valence-electron chi connectivity index (χ4n) is 2.79. The summed E-state index contributed by atoms with van der Waals surface area (Å²) >= 11 is 0. The second kappa shape index (κ2) is 11.6. The number of ketones is 1. The highest BCUT2D eigenvalue weighted by Gasteiger charge is 2.48. The van der Waals surface area contributed by atoms with E-state index < -0.39 is 29.2 Å². The molecule has 2 atom stereocenters. The smallest absolute Gasteiger partial charge is 0.319 e. The second-order valence-electron chi connectivity index (χ2n) is 5.88. The molecule has 0 N–H and O–H groups in total. The van der Waals surface area contributed by atoms with Gasteiger partial charge in [-0.25, -0.2) is 0 Å². The molecule has 0 fully saturated rings. The van der Waals surface area contributed by atoms with Gasteiger partial charge in [0, 0.05) is 12.8 Å². The summed E-state index contributed by atoms with van der Waals surface area (Å²) in [5, 5.41) is 0. The van der Waals surface area contributed by atoms with Gasteiger partial charge in [-0.2, -0.15) is 0 Å². The first-order chi connectivity index (χ1) is 11.8. The predicted molar refractivity (Wildman–Crippen MR) is 90.6 cm³/mol. The Bertz CT molecular complexity index is 452. The molecule has 0 amide bonds. The van der Waals surface area contributed by atoms with Crippen LogP contribution in [0.5, 0.6) is 0 Å². The SMILES string of the molecule is CCCC(=O)C(CCC(=O)OC)(CC(CC)C(=O)OC)C(=O)OCC. The largest absolute Gasteiger partial charge is 0.469 e. The van der Waals surface area contributed by atoms with E-state index in [-0.39, 0.29) is 38.1 Å². The summed E-state index contributed by atoms with van der Waals surface area (Å²) in [5.74, 6) is -2.66. The van der Waals surface area contributed by atoms with Crippen LogP contribution in [0.3, 0.4) is 0 Å². The van der Waals surface area contributed by atoms with Crippen LogP contribution in [-0.4, -0.2) is 44.5 Å². The van der Waals surface area contributed by atoms with Gasteiger partial charge in [0.25, 0.3) is 0 Å². The number of Topliss-reactive ketones (excluding diaryl/α,β-unsaturated/α-hetero) is 1. The Balaban J connectivity index is 5.86. The van der Waals surface area contributed by atoms with Crippen LogP contribution in [0.2, 0.25) is 0 Å². The van der Waals surface area contributed by atoms with Crippen molar-refractivity contribution in [3.05, 3.63) is 0 Å². The van der Waals surface area contributed by atoms with Crippen molar-refractivity contribution in [2.45, 2.75) is 59.3 Å². The highest BCUT2D eigenvalue weighted by molar-refractivity contribution is 6.04. The molecular formula is C18H30O7. The Kier molecular flexibility index (Phi) is 10.7. The van der Waals surface area contributed by atoms with Crippen molar-refractivity contribution in [3.63, 3.8) is 0 Å². The molecule has 0 aromatic rings. The van der Waals surface area contributed by atoms with Gasteiger partial charge in [-0.05, 0) is 32.6 Å². The highest BCUT2D eigenvalue weighted by atomic mass is 16.5. The number of hydrogen-bond donors (Lipinski definition) is 0. The molecule has 0 saturated heterocycles. The minimum Gasteiger partial charge on any atom is -0.469 e. The van der Waals surface area contributed by atoms with Gasteiger partial charge in [0.15, 0.2) is 0 Å². The van der Waals surface area contributed by atoms with Crippen molar-refractivity contribution in [1.29, 1.82) is 0 Å². The molecule has 0 saturated carbocycles. The number of hydrogen-bond acceptors (Lipinski definition) is 7.